The van der Waals surface area contributed by atoms with Crippen molar-refractivity contribution in [2.24, 2.45) is 0 Å². The van der Waals surface area contributed by atoms with Crippen LogP contribution in [0, 0.1) is 0 Å². The van der Waals surface area contributed by atoms with Gasteiger partial charge in [-0.3, -0.25) is 4.68 Å². The third-order valence-corrected chi connectivity index (χ3v) is 3.83. The van der Waals surface area contributed by atoms with Gasteiger partial charge in [0.1, 0.15) is 6.54 Å². The minimum atomic E-state index is -0.556. The smallest absolute Gasteiger partial charge is 0.229 e. The maximum absolute atomic E-state index is 9.45. The molecule has 0 radical (unpaired) electrons. The minimum absolute atomic E-state index is 0.427. The highest BCUT2D eigenvalue weighted by Gasteiger charge is 2.21. The Morgan fingerprint density at radius 3 is 2.90 bits per heavy atom. The maximum atomic E-state index is 9.45. The molecule has 2 heterocycles. The Hall–Kier alpha value is -1.69. The van der Waals surface area contributed by atoms with Crippen molar-refractivity contribution >= 4 is 0 Å². The molecular formula is C14H20N4O2. The van der Waals surface area contributed by atoms with Gasteiger partial charge in [-0.25, -0.2) is 0 Å². The van der Waals surface area contributed by atoms with Crippen LogP contribution in [0.5, 0.6) is 0 Å². The lowest BCUT2D eigenvalue weighted by molar-refractivity contribution is 0.193. The van der Waals surface area contributed by atoms with Gasteiger partial charge in [0.2, 0.25) is 5.89 Å². The Morgan fingerprint density at radius 1 is 1.40 bits per heavy atom. The molecular weight excluding hydrogens is 256 g/mol. The Kier molecular flexibility index (Phi) is 3.82. The molecule has 0 aliphatic heterocycles. The molecule has 0 amide bonds. The van der Waals surface area contributed by atoms with Crippen molar-refractivity contribution in [3.05, 3.63) is 29.7 Å². The monoisotopic (exact) mass is 276 g/mol. The van der Waals surface area contributed by atoms with Crippen molar-refractivity contribution in [3.63, 3.8) is 0 Å². The number of nitrogens with zero attached hydrogens (tertiary/aromatic N) is 4. The summed E-state index contributed by atoms with van der Waals surface area (Å²) in [6.07, 6.45) is 7.37. The SMILES string of the molecule is CC(O)c1ccn(Cc2noc(C3CCCCC3)n2)n1. The van der Waals surface area contributed by atoms with Crippen LogP contribution >= 0.6 is 0 Å². The molecule has 1 unspecified atom stereocenters. The fraction of sp³-hybridized carbons (Fsp3) is 0.643. The molecule has 2 aromatic heterocycles. The molecule has 3 rings (SSSR count). The Labute approximate surface area is 117 Å². The first-order valence-corrected chi connectivity index (χ1v) is 7.26. The fourth-order valence-electron chi connectivity index (χ4n) is 2.68. The number of aliphatic hydroxyl groups is 1. The van der Waals surface area contributed by atoms with E-state index in [4.69, 9.17) is 4.52 Å². The summed E-state index contributed by atoms with van der Waals surface area (Å²) in [4.78, 5) is 4.48. The molecule has 1 atom stereocenters. The Morgan fingerprint density at radius 2 is 2.20 bits per heavy atom. The summed E-state index contributed by atoms with van der Waals surface area (Å²) < 4.78 is 7.10. The molecule has 0 saturated heterocycles. The lowest BCUT2D eigenvalue weighted by Crippen LogP contribution is -2.06. The van der Waals surface area contributed by atoms with Crippen LogP contribution < -0.4 is 0 Å². The van der Waals surface area contributed by atoms with Gasteiger partial charge in [-0.15, -0.1) is 0 Å². The van der Waals surface area contributed by atoms with Crippen molar-refractivity contribution in [3.8, 4) is 0 Å². The quantitative estimate of drug-likeness (QED) is 0.928. The van der Waals surface area contributed by atoms with Gasteiger partial charge in [-0.2, -0.15) is 10.1 Å². The molecule has 0 spiro atoms. The van der Waals surface area contributed by atoms with E-state index in [0.29, 0.717) is 24.0 Å². The van der Waals surface area contributed by atoms with Gasteiger partial charge in [0, 0.05) is 12.1 Å². The van der Waals surface area contributed by atoms with Crippen molar-refractivity contribution in [2.75, 3.05) is 0 Å². The average Bonchev–Trinajstić information content (AvgIpc) is 3.10. The topological polar surface area (TPSA) is 77.0 Å². The highest BCUT2D eigenvalue weighted by molar-refractivity contribution is 5.03. The summed E-state index contributed by atoms with van der Waals surface area (Å²) in [5.74, 6) is 1.84. The molecule has 2 aromatic rings. The van der Waals surface area contributed by atoms with Gasteiger partial charge in [-0.1, -0.05) is 24.4 Å². The maximum Gasteiger partial charge on any atom is 0.229 e. The lowest BCUT2D eigenvalue weighted by atomic mass is 9.89. The van der Waals surface area contributed by atoms with Gasteiger partial charge in [0.15, 0.2) is 5.82 Å². The zero-order valence-corrected chi connectivity index (χ0v) is 11.7. The van der Waals surface area contributed by atoms with Gasteiger partial charge < -0.3 is 9.63 Å². The van der Waals surface area contributed by atoms with Gasteiger partial charge in [0.25, 0.3) is 0 Å². The average molecular weight is 276 g/mol. The second-order valence-corrected chi connectivity index (χ2v) is 5.50. The van der Waals surface area contributed by atoms with Crippen LogP contribution in [0.4, 0.5) is 0 Å². The van der Waals surface area contributed by atoms with Gasteiger partial charge in [-0.05, 0) is 25.8 Å². The van der Waals surface area contributed by atoms with Crippen molar-refractivity contribution < 1.29 is 9.63 Å². The van der Waals surface area contributed by atoms with Crippen LogP contribution in [-0.2, 0) is 6.54 Å². The van der Waals surface area contributed by atoms with E-state index >= 15 is 0 Å². The molecule has 0 aromatic carbocycles. The fourth-order valence-corrected chi connectivity index (χ4v) is 2.68. The van der Waals surface area contributed by atoms with Crippen LogP contribution in [-0.4, -0.2) is 25.0 Å². The zero-order valence-electron chi connectivity index (χ0n) is 11.7. The van der Waals surface area contributed by atoms with Crippen LogP contribution in [0.1, 0.15) is 68.5 Å². The summed E-state index contributed by atoms with van der Waals surface area (Å²) in [6.45, 7) is 2.17. The highest BCUT2D eigenvalue weighted by atomic mass is 16.5. The van der Waals surface area contributed by atoms with E-state index in [9.17, 15) is 5.11 Å². The zero-order chi connectivity index (χ0) is 13.9. The summed E-state index contributed by atoms with van der Waals surface area (Å²) >= 11 is 0. The second kappa shape index (κ2) is 5.75. The first-order valence-electron chi connectivity index (χ1n) is 7.26. The predicted octanol–water partition coefficient (Wildman–Crippen LogP) is 2.42. The van der Waals surface area contributed by atoms with Crippen LogP contribution in [0.15, 0.2) is 16.8 Å². The van der Waals surface area contributed by atoms with Crippen LogP contribution in [0.2, 0.25) is 0 Å². The molecule has 1 aliphatic rings. The lowest BCUT2D eigenvalue weighted by Gasteiger charge is -2.17. The normalized spacial score (nSPS) is 18.3. The molecule has 20 heavy (non-hydrogen) atoms. The molecule has 1 aliphatic carbocycles. The summed E-state index contributed by atoms with van der Waals surface area (Å²) in [5, 5.41) is 17.8. The second-order valence-electron chi connectivity index (χ2n) is 5.50. The molecule has 1 N–H and O–H groups in total. The molecule has 1 saturated carbocycles. The van der Waals surface area contributed by atoms with Crippen LogP contribution in [0.3, 0.4) is 0 Å². The van der Waals surface area contributed by atoms with Crippen molar-refractivity contribution in [1.29, 1.82) is 0 Å². The molecule has 108 valence electrons. The first kappa shape index (κ1) is 13.3. The van der Waals surface area contributed by atoms with E-state index in [2.05, 4.69) is 15.2 Å². The van der Waals surface area contributed by atoms with Gasteiger partial charge in [0.05, 0.1) is 11.8 Å². The third kappa shape index (κ3) is 2.90. The standard InChI is InChI=1S/C14H20N4O2/c1-10(19)12-7-8-18(16-12)9-13-15-14(20-17-13)11-5-3-2-4-6-11/h7-8,10-11,19H,2-6,9H2,1H3. The Balaban J connectivity index is 1.66. The largest absolute Gasteiger partial charge is 0.387 e. The van der Waals surface area contributed by atoms with E-state index in [1.54, 1.807) is 17.7 Å². The Bertz CT molecular complexity index is 555. The van der Waals surface area contributed by atoms with E-state index in [1.165, 1.54) is 19.3 Å². The van der Waals surface area contributed by atoms with Crippen molar-refractivity contribution in [2.45, 2.75) is 57.6 Å². The van der Waals surface area contributed by atoms with E-state index in [0.717, 1.165) is 18.7 Å². The van der Waals surface area contributed by atoms with E-state index in [1.807, 2.05) is 6.20 Å². The van der Waals surface area contributed by atoms with Gasteiger partial charge >= 0.3 is 0 Å². The van der Waals surface area contributed by atoms with E-state index < -0.39 is 6.10 Å². The predicted molar refractivity (Wildman–Crippen MR) is 72.1 cm³/mol. The summed E-state index contributed by atoms with van der Waals surface area (Å²) in [6, 6.07) is 1.80. The van der Waals surface area contributed by atoms with Crippen molar-refractivity contribution in [1.82, 2.24) is 19.9 Å². The molecule has 0 bridgehead atoms. The molecule has 6 heteroatoms. The number of rotatable bonds is 4. The number of aromatic nitrogens is 4. The molecule has 6 nitrogen and oxygen atoms in total. The molecule has 1 fully saturated rings. The number of hydrogen-bond acceptors (Lipinski definition) is 5. The highest BCUT2D eigenvalue weighted by Crippen LogP contribution is 2.31. The minimum Gasteiger partial charge on any atom is -0.387 e. The van der Waals surface area contributed by atoms with E-state index in [-0.39, 0.29) is 0 Å². The number of hydrogen-bond donors (Lipinski definition) is 1. The third-order valence-electron chi connectivity index (χ3n) is 3.83. The van der Waals surface area contributed by atoms with Crippen LogP contribution in [0.25, 0.3) is 0 Å². The summed E-state index contributed by atoms with van der Waals surface area (Å²) in [5.41, 5.74) is 0.654. The first-order chi connectivity index (χ1) is 9.72. The number of aliphatic hydroxyl groups excluding tert-OH is 1. The summed E-state index contributed by atoms with van der Waals surface area (Å²) in [7, 11) is 0.